The number of unbranched alkanes of at least 4 members (excludes halogenated alkanes) is 2. The number of nitrogens with zero attached hydrogens (tertiary/aromatic N) is 3. The first-order valence-corrected chi connectivity index (χ1v) is 11.3. The second kappa shape index (κ2) is 10.8. The van der Waals surface area contributed by atoms with Gasteiger partial charge >= 0.3 is 12.1 Å². The fourth-order valence-electron chi connectivity index (χ4n) is 3.65. The molecule has 1 saturated heterocycles. The molecule has 33 heavy (non-hydrogen) atoms. The molecule has 1 aromatic carbocycles. The molecule has 2 N–H and O–H groups in total. The zero-order chi connectivity index (χ0) is 23.0. The maximum atomic E-state index is 12.5. The zero-order valence-corrected chi connectivity index (χ0v) is 18.8. The Balaban J connectivity index is 1.40. The van der Waals surface area contributed by atoms with E-state index in [9.17, 15) is 9.59 Å². The van der Waals surface area contributed by atoms with Crippen LogP contribution in [0.15, 0.2) is 48.8 Å². The van der Waals surface area contributed by atoms with E-state index in [0.717, 1.165) is 30.2 Å². The molecule has 0 spiro atoms. The van der Waals surface area contributed by atoms with Crippen molar-refractivity contribution in [3.63, 3.8) is 0 Å². The summed E-state index contributed by atoms with van der Waals surface area (Å²) in [5, 5.41) is 6.65. The largest absolute Gasteiger partial charge is 0.457 e. The predicted octanol–water partition coefficient (Wildman–Crippen LogP) is 4.44. The number of ether oxygens (including phenoxy) is 2. The summed E-state index contributed by atoms with van der Waals surface area (Å²) in [7, 11) is 0. The number of hydrogen-bond donors (Lipinski definition) is 2. The van der Waals surface area contributed by atoms with Gasteiger partial charge < -0.3 is 19.7 Å². The molecule has 0 atom stereocenters. The molecule has 9 heteroatoms. The minimum absolute atomic E-state index is 0.135. The Morgan fingerprint density at radius 2 is 1.88 bits per heavy atom. The Hall–Kier alpha value is -3.59. The molecule has 4 rings (SSSR count). The number of nitrogens with one attached hydrogen (secondary N) is 2. The number of morpholine rings is 1. The van der Waals surface area contributed by atoms with Gasteiger partial charge in [-0.1, -0.05) is 19.8 Å². The van der Waals surface area contributed by atoms with E-state index in [1.54, 1.807) is 34.0 Å². The molecule has 1 aliphatic heterocycles. The van der Waals surface area contributed by atoms with Crippen LogP contribution in [0.1, 0.15) is 26.2 Å². The first-order chi connectivity index (χ1) is 16.1. The molecule has 9 nitrogen and oxygen atoms in total. The Morgan fingerprint density at radius 3 is 2.70 bits per heavy atom. The van der Waals surface area contributed by atoms with Crippen molar-refractivity contribution in [2.45, 2.75) is 26.2 Å². The van der Waals surface area contributed by atoms with Crippen LogP contribution in [0.4, 0.5) is 15.4 Å². The minimum atomic E-state index is -0.210. The van der Waals surface area contributed by atoms with Crippen LogP contribution in [0.2, 0.25) is 0 Å². The van der Waals surface area contributed by atoms with Crippen molar-refractivity contribution in [3.05, 3.63) is 48.8 Å². The number of fused-ring (bicyclic) bond motifs is 1. The number of rotatable bonds is 7. The van der Waals surface area contributed by atoms with Crippen molar-refractivity contribution in [1.29, 1.82) is 0 Å². The van der Waals surface area contributed by atoms with Crippen molar-refractivity contribution in [3.8, 4) is 11.5 Å². The molecule has 0 aliphatic carbocycles. The van der Waals surface area contributed by atoms with Gasteiger partial charge in [-0.25, -0.2) is 14.6 Å². The van der Waals surface area contributed by atoms with Crippen LogP contribution < -0.4 is 15.4 Å². The Kier molecular flexibility index (Phi) is 7.41. The van der Waals surface area contributed by atoms with E-state index in [4.69, 9.17) is 9.47 Å². The van der Waals surface area contributed by atoms with Crippen LogP contribution in [-0.2, 0) is 4.74 Å². The van der Waals surface area contributed by atoms with Crippen LogP contribution in [0.3, 0.4) is 0 Å². The highest BCUT2D eigenvalue weighted by Crippen LogP contribution is 2.27. The third-order valence-electron chi connectivity index (χ3n) is 5.44. The minimum Gasteiger partial charge on any atom is -0.457 e. The van der Waals surface area contributed by atoms with Crippen molar-refractivity contribution in [1.82, 2.24) is 19.8 Å². The normalized spacial score (nSPS) is 13.7. The highest BCUT2D eigenvalue weighted by molar-refractivity contribution is 5.92. The number of benzene rings is 1. The number of aromatic nitrogens is 2. The summed E-state index contributed by atoms with van der Waals surface area (Å²) < 4.78 is 12.9. The van der Waals surface area contributed by atoms with Gasteiger partial charge in [-0.3, -0.25) is 9.88 Å². The second-order valence-electron chi connectivity index (χ2n) is 7.85. The van der Waals surface area contributed by atoms with Gasteiger partial charge in [-0.15, -0.1) is 0 Å². The summed E-state index contributed by atoms with van der Waals surface area (Å²) in [5.41, 5.74) is 0.809. The van der Waals surface area contributed by atoms with Crippen molar-refractivity contribution in [2.75, 3.05) is 38.2 Å². The van der Waals surface area contributed by atoms with E-state index >= 15 is 0 Å². The number of amides is 3. The number of pyridine rings is 1. The molecule has 174 valence electrons. The maximum Gasteiger partial charge on any atom is 0.326 e. The third kappa shape index (κ3) is 5.81. The summed E-state index contributed by atoms with van der Waals surface area (Å²) in [5.74, 6) is 1.59. The van der Waals surface area contributed by atoms with Gasteiger partial charge in [0.1, 0.15) is 17.3 Å². The average Bonchev–Trinajstić information content (AvgIpc) is 3.26. The molecule has 0 bridgehead atoms. The molecule has 3 aromatic rings. The lowest BCUT2D eigenvalue weighted by Gasteiger charge is -2.26. The van der Waals surface area contributed by atoms with Crippen LogP contribution >= 0.6 is 0 Å². The van der Waals surface area contributed by atoms with Gasteiger partial charge in [0, 0.05) is 43.5 Å². The highest BCUT2D eigenvalue weighted by Gasteiger charge is 2.17. The third-order valence-corrected chi connectivity index (χ3v) is 5.44. The molecule has 3 heterocycles. The number of hydrogen-bond acceptors (Lipinski definition) is 5. The van der Waals surface area contributed by atoms with E-state index < -0.39 is 0 Å². The molecular weight excluding hydrogens is 422 g/mol. The molecule has 1 aliphatic rings. The summed E-state index contributed by atoms with van der Waals surface area (Å²) in [6.45, 7) is 4.98. The molecule has 1 fully saturated rings. The number of urea groups is 1. The monoisotopic (exact) mass is 451 g/mol. The topological polar surface area (TPSA) is 97.7 Å². The van der Waals surface area contributed by atoms with E-state index in [-0.39, 0.29) is 12.1 Å². The maximum absolute atomic E-state index is 12.5. The van der Waals surface area contributed by atoms with E-state index in [1.807, 2.05) is 24.3 Å². The van der Waals surface area contributed by atoms with E-state index in [0.29, 0.717) is 50.2 Å². The highest BCUT2D eigenvalue weighted by atomic mass is 16.5. The summed E-state index contributed by atoms with van der Waals surface area (Å²) in [4.78, 5) is 30.7. The smallest absolute Gasteiger partial charge is 0.326 e. The van der Waals surface area contributed by atoms with Crippen LogP contribution in [-0.4, -0.2) is 59.4 Å². The van der Waals surface area contributed by atoms with Crippen molar-refractivity contribution >= 4 is 28.8 Å². The molecular formula is C24H29N5O4. The Bertz CT molecular complexity index is 1110. The lowest BCUT2D eigenvalue weighted by atomic mass is 10.2. The van der Waals surface area contributed by atoms with Gasteiger partial charge in [-0.05, 0) is 36.8 Å². The molecule has 0 unspecified atom stereocenters. The van der Waals surface area contributed by atoms with Gasteiger partial charge in [-0.2, -0.15) is 0 Å². The SMILES string of the molecule is CCCCCNC(=O)n1ccc2cc(Oc3ccnc(NC(=O)N4CCOCC4)c3)ccc21. The summed E-state index contributed by atoms with van der Waals surface area (Å²) in [6, 6.07) is 10.5. The van der Waals surface area contributed by atoms with Crippen LogP contribution in [0, 0.1) is 0 Å². The lowest BCUT2D eigenvalue weighted by Crippen LogP contribution is -2.43. The van der Waals surface area contributed by atoms with E-state index in [2.05, 4.69) is 22.5 Å². The van der Waals surface area contributed by atoms with Gasteiger partial charge in [0.2, 0.25) is 0 Å². The summed E-state index contributed by atoms with van der Waals surface area (Å²) >= 11 is 0. The number of carbonyl (C=O) groups is 2. The summed E-state index contributed by atoms with van der Waals surface area (Å²) in [6.07, 6.45) is 6.53. The van der Waals surface area contributed by atoms with Crippen molar-refractivity contribution < 1.29 is 19.1 Å². The molecule has 2 aromatic heterocycles. The first-order valence-electron chi connectivity index (χ1n) is 11.3. The van der Waals surface area contributed by atoms with Crippen LogP contribution in [0.5, 0.6) is 11.5 Å². The number of anilines is 1. The van der Waals surface area contributed by atoms with E-state index in [1.165, 1.54) is 0 Å². The predicted molar refractivity (Wildman–Crippen MR) is 126 cm³/mol. The quantitative estimate of drug-likeness (QED) is 0.518. The van der Waals surface area contributed by atoms with Gasteiger partial charge in [0.25, 0.3) is 0 Å². The molecule has 0 saturated carbocycles. The fraction of sp³-hybridized carbons (Fsp3) is 0.375. The van der Waals surface area contributed by atoms with Gasteiger partial charge in [0.15, 0.2) is 0 Å². The second-order valence-corrected chi connectivity index (χ2v) is 7.85. The molecule has 0 radical (unpaired) electrons. The zero-order valence-electron chi connectivity index (χ0n) is 18.8. The molecule has 3 amide bonds. The van der Waals surface area contributed by atoms with Crippen LogP contribution in [0.25, 0.3) is 10.9 Å². The van der Waals surface area contributed by atoms with Crippen molar-refractivity contribution in [2.24, 2.45) is 0 Å². The number of carbonyl (C=O) groups excluding carboxylic acids is 2. The lowest BCUT2D eigenvalue weighted by molar-refractivity contribution is 0.0564. The first kappa shape index (κ1) is 22.6. The Labute approximate surface area is 192 Å². The van der Waals surface area contributed by atoms with Gasteiger partial charge in [0.05, 0.1) is 18.7 Å². The standard InChI is InChI=1S/C24H29N5O4/c1-2-3-4-9-26-23(30)29-11-8-18-16-19(5-6-21(18)29)33-20-7-10-25-22(17-20)27-24(31)28-12-14-32-15-13-28/h5-8,10-11,16-17H,2-4,9,12-15H2,1H3,(H,26,30)(H,25,27,31). The average molecular weight is 452 g/mol. The Morgan fingerprint density at radius 1 is 1.06 bits per heavy atom. The fourth-order valence-corrected chi connectivity index (χ4v) is 3.65.